The number of rotatable bonds is 2. The zero-order chi connectivity index (χ0) is 12.5. The van der Waals surface area contributed by atoms with E-state index in [2.05, 4.69) is 0 Å². The minimum atomic E-state index is -0.682. The summed E-state index contributed by atoms with van der Waals surface area (Å²) in [5.41, 5.74) is 7.36. The molecule has 17 heavy (non-hydrogen) atoms. The molecule has 3 heteroatoms. The van der Waals surface area contributed by atoms with Crippen LogP contribution in [-0.2, 0) is 5.54 Å². The average molecular weight is 250 g/mol. The molecule has 2 aromatic carbocycles. The Morgan fingerprint density at radius 2 is 1.71 bits per heavy atom. The smallest absolute Gasteiger partial charge is 0.123 e. The standard InChI is InChI=1S/C14H13ClFN/c1-14(17,10-5-7-13(16)8-6-10)11-3-2-4-12(15)9-11/h2-9H,17H2,1H3. The molecule has 0 amide bonds. The highest BCUT2D eigenvalue weighted by Gasteiger charge is 2.23. The van der Waals surface area contributed by atoms with Crippen molar-refractivity contribution in [3.8, 4) is 0 Å². The molecule has 1 atom stereocenters. The number of nitrogens with two attached hydrogens (primary N) is 1. The Balaban J connectivity index is 2.45. The molecule has 0 saturated heterocycles. The topological polar surface area (TPSA) is 26.0 Å². The summed E-state index contributed by atoms with van der Waals surface area (Å²) in [6, 6.07) is 13.6. The van der Waals surface area contributed by atoms with E-state index in [1.165, 1.54) is 12.1 Å². The van der Waals surface area contributed by atoms with E-state index in [0.29, 0.717) is 5.02 Å². The molecule has 88 valence electrons. The fourth-order valence-corrected chi connectivity index (χ4v) is 1.96. The van der Waals surface area contributed by atoms with Crippen LogP contribution in [-0.4, -0.2) is 0 Å². The van der Waals surface area contributed by atoms with Gasteiger partial charge in [-0.1, -0.05) is 35.9 Å². The lowest BCUT2D eigenvalue weighted by atomic mass is 9.86. The highest BCUT2D eigenvalue weighted by atomic mass is 35.5. The number of hydrogen-bond donors (Lipinski definition) is 1. The van der Waals surface area contributed by atoms with Gasteiger partial charge in [-0.05, 0) is 42.3 Å². The van der Waals surface area contributed by atoms with Gasteiger partial charge in [-0.3, -0.25) is 0 Å². The molecule has 0 spiro atoms. The van der Waals surface area contributed by atoms with Crippen molar-refractivity contribution in [3.63, 3.8) is 0 Å². The number of hydrogen-bond acceptors (Lipinski definition) is 1. The van der Waals surface area contributed by atoms with Gasteiger partial charge in [0, 0.05) is 5.02 Å². The van der Waals surface area contributed by atoms with Gasteiger partial charge in [0.2, 0.25) is 0 Å². The average Bonchev–Trinajstić information content (AvgIpc) is 2.29. The van der Waals surface area contributed by atoms with Crippen LogP contribution >= 0.6 is 11.6 Å². The lowest BCUT2D eigenvalue weighted by Crippen LogP contribution is -2.34. The number of halogens is 2. The molecule has 0 aliphatic rings. The van der Waals surface area contributed by atoms with Crippen LogP contribution in [0.15, 0.2) is 48.5 Å². The summed E-state index contributed by atoms with van der Waals surface area (Å²) < 4.78 is 12.9. The molecule has 2 aromatic rings. The van der Waals surface area contributed by atoms with Gasteiger partial charge in [-0.2, -0.15) is 0 Å². The summed E-state index contributed by atoms with van der Waals surface area (Å²) in [4.78, 5) is 0. The van der Waals surface area contributed by atoms with Crippen molar-refractivity contribution in [1.82, 2.24) is 0 Å². The van der Waals surface area contributed by atoms with Crippen molar-refractivity contribution in [1.29, 1.82) is 0 Å². The molecular formula is C14H13ClFN. The molecule has 1 nitrogen and oxygen atoms in total. The summed E-state index contributed by atoms with van der Waals surface area (Å²) in [6.45, 7) is 1.88. The highest BCUT2D eigenvalue weighted by Crippen LogP contribution is 2.28. The van der Waals surface area contributed by atoms with Crippen LogP contribution in [0.4, 0.5) is 4.39 Å². The van der Waals surface area contributed by atoms with Gasteiger partial charge in [0.15, 0.2) is 0 Å². The van der Waals surface area contributed by atoms with Crippen LogP contribution in [0, 0.1) is 5.82 Å². The van der Waals surface area contributed by atoms with E-state index in [9.17, 15) is 4.39 Å². The van der Waals surface area contributed by atoms with Crippen LogP contribution in [0.5, 0.6) is 0 Å². The van der Waals surface area contributed by atoms with Crippen LogP contribution in [0.3, 0.4) is 0 Å². The SMILES string of the molecule is CC(N)(c1ccc(F)cc1)c1cccc(Cl)c1. The van der Waals surface area contributed by atoms with Gasteiger partial charge in [0.05, 0.1) is 5.54 Å². The van der Waals surface area contributed by atoms with Crippen LogP contribution < -0.4 is 5.73 Å². The van der Waals surface area contributed by atoms with E-state index in [1.807, 2.05) is 25.1 Å². The monoisotopic (exact) mass is 249 g/mol. The Kier molecular flexibility index (Phi) is 3.18. The molecule has 0 aliphatic heterocycles. The first-order valence-electron chi connectivity index (χ1n) is 5.31. The molecule has 0 aliphatic carbocycles. The van der Waals surface area contributed by atoms with E-state index in [1.54, 1.807) is 18.2 Å². The second kappa shape index (κ2) is 4.47. The second-order valence-corrected chi connectivity index (χ2v) is 4.66. The lowest BCUT2D eigenvalue weighted by Gasteiger charge is -2.26. The van der Waals surface area contributed by atoms with Crippen LogP contribution in [0.2, 0.25) is 5.02 Å². The molecule has 2 rings (SSSR count). The minimum absolute atomic E-state index is 0.268. The molecule has 0 bridgehead atoms. The second-order valence-electron chi connectivity index (χ2n) is 4.22. The molecule has 1 unspecified atom stereocenters. The van der Waals surface area contributed by atoms with Crippen molar-refractivity contribution < 1.29 is 4.39 Å². The quantitative estimate of drug-likeness (QED) is 0.863. The van der Waals surface area contributed by atoms with E-state index in [0.717, 1.165) is 11.1 Å². The van der Waals surface area contributed by atoms with Gasteiger partial charge >= 0.3 is 0 Å². The maximum absolute atomic E-state index is 12.9. The molecule has 0 saturated carbocycles. The Morgan fingerprint density at radius 1 is 1.06 bits per heavy atom. The molecule has 0 aromatic heterocycles. The third kappa shape index (κ3) is 2.48. The molecule has 2 N–H and O–H groups in total. The van der Waals surface area contributed by atoms with Crippen molar-refractivity contribution in [2.24, 2.45) is 5.73 Å². The summed E-state index contributed by atoms with van der Waals surface area (Å²) in [5.74, 6) is -0.268. The summed E-state index contributed by atoms with van der Waals surface area (Å²) in [7, 11) is 0. The van der Waals surface area contributed by atoms with E-state index in [4.69, 9.17) is 17.3 Å². The van der Waals surface area contributed by atoms with E-state index in [-0.39, 0.29) is 5.82 Å². The molecule has 0 heterocycles. The first-order chi connectivity index (χ1) is 8.00. The van der Waals surface area contributed by atoms with Crippen molar-refractivity contribution in [2.75, 3.05) is 0 Å². The fourth-order valence-electron chi connectivity index (χ4n) is 1.77. The van der Waals surface area contributed by atoms with E-state index >= 15 is 0 Å². The van der Waals surface area contributed by atoms with Crippen molar-refractivity contribution >= 4 is 11.6 Å². The predicted molar refractivity (Wildman–Crippen MR) is 68.5 cm³/mol. The van der Waals surface area contributed by atoms with Crippen LogP contribution in [0.25, 0.3) is 0 Å². The predicted octanol–water partition coefficient (Wildman–Crippen LogP) is 3.70. The maximum Gasteiger partial charge on any atom is 0.123 e. The van der Waals surface area contributed by atoms with E-state index < -0.39 is 5.54 Å². The van der Waals surface area contributed by atoms with Gasteiger partial charge in [-0.15, -0.1) is 0 Å². The zero-order valence-electron chi connectivity index (χ0n) is 9.45. The Morgan fingerprint density at radius 3 is 2.29 bits per heavy atom. The first-order valence-corrected chi connectivity index (χ1v) is 5.69. The summed E-state index contributed by atoms with van der Waals surface area (Å²) in [6.07, 6.45) is 0. The molecular weight excluding hydrogens is 237 g/mol. The van der Waals surface area contributed by atoms with Gasteiger partial charge < -0.3 is 5.73 Å². The third-order valence-electron chi connectivity index (χ3n) is 2.87. The summed E-state index contributed by atoms with van der Waals surface area (Å²) >= 11 is 5.95. The van der Waals surface area contributed by atoms with Crippen LogP contribution in [0.1, 0.15) is 18.1 Å². The minimum Gasteiger partial charge on any atom is -0.318 e. The van der Waals surface area contributed by atoms with Crippen molar-refractivity contribution in [3.05, 3.63) is 70.5 Å². The molecule has 0 radical (unpaired) electrons. The molecule has 0 fully saturated rings. The Hall–Kier alpha value is -1.38. The normalized spacial score (nSPS) is 14.4. The Bertz CT molecular complexity index is 520. The number of benzene rings is 2. The zero-order valence-corrected chi connectivity index (χ0v) is 10.2. The van der Waals surface area contributed by atoms with Gasteiger partial charge in [0.25, 0.3) is 0 Å². The largest absolute Gasteiger partial charge is 0.318 e. The highest BCUT2D eigenvalue weighted by molar-refractivity contribution is 6.30. The lowest BCUT2D eigenvalue weighted by molar-refractivity contribution is 0.593. The van der Waals surface area contributed by atoms with Gasteiger partial charge in [0.1, 0.15) is 5.82 Å². The Labute approximate surface area is 105 Å². The van der Waals surface area contributed by atoms with Crippen molar-refractivity contribution in [2.45, 2.75) is 12.5 Å². The first kappa shape index (κ1) is 12.1. The van der Waals surface area contributed by atoms with Gasteiger partial charge in [-0.25, -0.2) is 4.39 Å². The maximum atomic E-state index is 12.9. The summed E-state index contributed by atoms with van der Waals surface area (Å²) in [5, 5.41) is 0.640. The third-order valence-corrected chi connectivity index (χ3v) is 3.10. The fraction of sp³-hybridized carbons (Fsp3) is 0.143.